The third kappa shape index (κ3) is 3.28. The average Bonchev–Trinajstić information content (AvgIpc) is 2.39. The summed E-state index contributed by atoms with van der Waals surface area (Å²) in [7, 11) is 0. The Morgan fingerprint density at radius 2 is 2.11 bits per heavy atom. The van der Waals surface area contributed by atoms with Crippen molar-refractivity contribution in [3.05, 3.63) is 57.8 Å². The monoisotopic (exact) mass is 336 g/mol. The summed E-state index contributed by atoms with van der Waals surface area (Å²) in [5, 5.41) is 8.78. The molecule has 2 N–H and O–H groups in total. The molecule has 0 bridgehead atoms. The number of hydrogen-bond donors (Lipinski definition) is 1. The van der Waals surface area contributed by atoms with E-state index in [2.05, 4.69) is 15.9 Å². The Labute approximate surface area is 123 Å². The highest BCUT2D eigenvalue weighted by atomic mass is 79.9. The molecule has 0 saturated heterocycles. The van der Waals surface area contributed by atoms with Crippen molar-refractivity contribution >= 4 is 33.4 Å². The molecule has 2 aromatic carbocycles. The van der Waals surface area contributed by atoms with Crippen molar-refractivity contribution in [2.45, 2.75) is 10.6 Å². The van der Waals surface area contributed by atoms with Crippen LogP contribution in [0.15, 0.2) is 45.8 Å². The molecule has 0 aliphatic rings. The van der Waals surface area contributed by atoms with Crippen LogP contribution in [0.25, 0.3) is 0 Å². The quantitative estimate of drug-likeness (QED) is 0.670. The van der Waals surface area contributed by atoms with E-state index in [-0.39, 0.29) is 5.56 Å². The summed E-state index contributed by atoms with van der Waals surface area (Å²) < 4.78 is 14.8. The number of nitriles is 1. The van der Waals surface area contributed by atoms with Crippen molar-refractivity contribution < 1.29 is 4.39 Å². The van der Waals surface area contributed by atoms with Gasteiger partial charge in [0, 0.05) is 20.8 Å². The Morgan fingerprint density at radius 3 is 2.79 bits per heavy atom. The van der Waals surface area contributed by atoms with Gasteiger partial charge in [-0.15, -0.1) is 11.8 Å². The van der Waals surface area contributed by atoms with Crippen molar-refractivity contribution in [2.24, 2.45) is 0 Å². The second-order valence-corrected chi connectivity index (χ2v) is 5.79. The van der Waals surface area contributed by atoms with Gasteiger partial charge in [-0.1, -0.05) is 28.1 Å². The lowest BCUT2D eigenvalue weighted by molar-refractivity contribution is 0.613. The summed E-state index contributed by atoms with van der Waals surface area (Å²) in [6.07, 6.45) is 0. The predicted molar refractivity (Wildman–Crippen MR) is 79.2 cm³/mol. The Balaban J connectivity index is 2.17. The SMILES string of the molecule is N#Cc1cccc(CSc2ccc(Br)cc2N)c1F. The lowest BCUT2D eigenvalue weighted by Crippen LogP contribution is -1.93. The van der Waals surface area contributed by atoms with Crippen LogP contribution in [-0.4, -0.2) is 0 Å². The number of nitrogen functional groups attached to an aromatic ring is 1. The fraction of sp³-hybridized carbons (Fsp3) is 0.0714. The van der Waals surface area contributed by atoms with Crippen LogP contribution in [0.4, 0.5) is 10.1 Å². The van der Waals surface area contributed by atoms with Crippen LogP contribution in [0.5, 0.6) is 0 Å². The van der Waals surface area contributed by atoms with E-state index < -0.39 is 5.82 Å². The molecule has 5 heteroatoms. The molecule has 2 rings (SSSR count). The molecule has 19 heavy (non-hydrogen) atoms. The first-order chi connectivity index (χ1) is 9.11. The van der Waals surface area contributed by atoms with Gasteiger partial charge in [-0.2, -0.15) is 5.26 Å². The Hall–Kier alpha value is -1.51. The van der Waals surface area contributed by atoms with Crippen molar-refractivity contribution in [1.82, 2.24) is 0 Å². The van der Waals surface area contributed by atoms with Gasteiger partial charge in [-0.3, -0.25) is 0 Å². The van der Waals surface area contributed by atoms with E-state index in [1.807, 2.05) is 24.3 Å². The molecular weight excluding hydrogens is 327 g/mol. The standard InChI is InChI=1S/C14H10BrFN2S/c15-11-4-5-13(12(18)6-11)19-8-10-3-1-2-9(7-17)14(10)16/h1-6H,8,18H2. The number of nitrogens with zero attached hydrogens (tertiary/aromatic N) is 1. The molecule has 96 valence electrons. The highest BCUT2D eigenvalue weighted by Gasteiger charge is 2.09. The lowest BCUT2D eigenvalue weighted by Gasteiger charge is -2.07. The van der Waals surface area contributed by atoms with Gasteiger partial charge in [-0.25, -0.2) is 4.39 Å². The zero-order chi connectivity index (χ0) is 13.8. The van der Waals surface area contributed by atoms with Crippen LogP contribution >= 0.6 is 27.7 Å². The summed E-state index contributed by atoms with van der Waals surface area (Å²) in [4.78, 5) is 0.893. The minimum atomic E-state index is -0.451. The molecule has 0 aliphatic carbocycles. The number of hydrogen-bond acceptors (Lipinski definition) is 3. The first-order valence-electron chi connectivity index (χ1n) is 5.47. The van der Waals surface area contributed by atoms with Crippen LogP contribution in [0.2, 0.25) is 0 Å². The molecule has 2 aromatic rings. The number of nitrogens with two attached hydrogens (primary N) is 1. The maximum Gasteiger partial charge on any atom is 0.144 e. The smallest absolute Gasteiger partial charge is 0.144 e. The Bertz CT molecular complexity index is 652. The molecule has 0 amide bonds. The summed E-state index contributed by atoms with van der Waals surface area (Å²) in [5.74, 6) is -0.0131. The Morgan fingerprint density at radius 1 is 1.32 bits per heavy atom. The molecule has 0 saturated carbocycles. The number of halogens is 2. The van der Waals surface area contributed by atoms with Crippen molar-refractivity contribution in [3.63, 3.8) is 0 Å². The third-order valence-electron chi connectivity index (χ3n) is 2.55. The first kappa shape index (κ1) is 13.9. The van der Waals surface area contributed by atoms with E-state index in [4.69, 9.17) is 11.0 Å². The largest absolute Gasteiger partial charge is 0.398 e. The molecule has 0 heterocycles. The van der Waals surface area contributed by atoms with Gasteiger partial charge in [0.05, 0.1) is 5.56 Å². The van der Waals surface area contributed by atoms with Crippen molar-refractivity contribution in [2.75, 3.05) is 5.73 Å². The van der Waals surface area contributed by atoms with Crippen LogP contribution in [0, 0.1) is 17.1 Å². The maximum absolute atomic E-state index is 13.9. The van der Waals surface area contributed by atoms with E-state index >= 15 is 0 Å². The van der Waals surface area contributed by atoms with E-state index in [1.54, 1.807) is 12.1 Å². The minimum Gasteiger partial charge on any atom is -0.398 e. The predicted octanol–water partition coefficient (Wildman–Crippen LogP) is 4.33. The number of rotatable bonds is 3. The summed E-state index contributed by atoms with van der Waals surface area (Å²) >= 11 is 4.78. The fourth-order valence-electron chi connectivity index (χ4n) is 1.58. The normalized spacial score (nSPS) is 10.2. The average molecular weight is 337 g/mol. The zero-order valence-electron chi connectivity index (χ0n) is 9.86. The highest BCUT2D eigenvalue weighted by molar-refractivity contribution is 9.10. The van der Waals surface area contributed by atoms with Crippen LogP contribution in [0.3, 0.4) is 0 Å². The zero-order valence-corrected chi connectivity index (χ0v) is 12.3. The van der Waals surface area contributed by atoms with Gasteiger partial charge in [0.2, 0.25) is 0 Å². The number of benzene rings is 2. The van der Waals surface area contributed by atoms with Gasteiger partial charge >= 0.3 is 0 Å². The van der Waals surface area contributed by atoms with Crippen LogP contribution in [0.1, 0.15) is 11.1 Å². The molecule has 0 fully saturated rings. The summed E-state index contributed by atoms with van der Waals surface area (Å²) in [5.41, 5.74) is 7.11. The number of anilines is 1. The van der Waals surface area contributed by atoms with E-state index in [9.17, 15) is 4.39 Å². The highest BCUT2D eigenvalue weighted by Crippen LogP contribution is 2.31. The van der Waals surface area contributed by atoms with E-state index in [0.717, 1.165) is 9.37 Å². The third-order valence-corrected chi connectivity index (χ3v) is 4.19. The number of thioether (sulfide) groups is 1. The van der Waals surface area contributed by atoms with Gasteiger partial charge < -0.3 is 5.73 Å². The molecule has 0 aliphatic heterocycles. The maximum atomic E-state index is 13.9. The summed E-state index contributed by atoms with van der Waals surface area (Å²) in [6, 6.07) is 12.3. The van der Waals surface area contributed by atoms with Crippen molar-refractivity contribution in [3.8, 4) is 6.07 Å². The first-order valence-corrected chi connectivity index (χ1v) is 7.25. The van der Waals surface area contributed by atoms with E-state index in [1.165, 1.54) is 17.8 Å². The second kappa shape index (κ2) is 6.09. The molecule has 2 nitrogen and oxygen atoms in total. The van der Waals surface area contributed by atoms with E-state index in [0.29, 0.717) is 17.0 Å². The van der Waals surface area contributed by atoms with Gasteiger partial charge in [0.25, 0.3) is 0 Å². The Kier molecular flexibility index (Phi) is 4.46. The van der Waals surface area contributed by atoms with Gasteiger partial charge in [0.15, 0.2) is 0 Å². The molecule has 0 aromatic heterocycles. The fourth-order valence-corrected chi connectivity index (χ4v) is 2.89. The molecular formula is C14H10BrFN2S. The minimum absolute atomic E-state index is 0.0712. The molecule has 0 radical (unpaired) electrons. The van der Waals surface area contributed by atoms with Gasteiger partial charge in [-0.05, 0) is 29.8 Å². The van der Waals surface area contributed by atoms with Crippen LogP contribution in [-0.2, 0) is 5.75 Å². The summed E-state index contributed by atoms with van der Waals surface area (Å²) in [6.45, 7) is 0. The molecule has 0 spiro atoms. The van der Waals surface area contributed by atoms with Crippen molar-refractivity contribution in [1.29, 1.82) is 5.26 Å². The molecule has 0 atom stereocenters. The van der Waals surface area contributed by atoms with Crippen LogP contribution < -0.4 is 5.73 Å². The lowest BCUT2D eigenvalue weighted by atomic mass is 10.1. The topological polar surface area (TPSA) is 49.8 Å². The second-order valence-electron chi connectivity index (χ2n) is 3.86. The van der Waals surface area contributed by atoms with Gasteiger partial charge in [0.1, 0.15) is 11.9 Å². The molecule has 0 unspecified atom stereocenters.